The number of primary amides is 1. The maximum atomic E-state index is 13.9. The van der Waals surface area contributed by atoms with Crippen molar-refractivity contribution in [1.29, 1.82) is 0 Å². The minimum Gasteiger partial charge on any atom is -0.507 e. The Balaban J connectivity index is 1.49. The van der Waals surface area contributed by atoms with Crippen LogP contribution in [0.1, 0.15) is 53.6 Å². The molecule has 0 radical (unpaired) electrons. The Labute approximate surface area is 232 Å². The van der Waals surface area contributed by atoms with Crippen molar-refractivity contribution in [2.45, 2.75) is 50.2 Å². The maximum Gasteiger partial charge on any atom is 0.235 e. The maximum absolute atomic E-state index is 13.9. The Morgan fingerprint density at radius 3 is 2.48 bits per heavy atom. The smallest absolute Gasteiger partial charge is 0.235 e. The summed E-state index contributed by atoms with van der Waals surface area (Å²) in [5.74, 6) is -4.16. The molecule has 212 valence electrons. The van der Waals surface area contributed by atoms with E-state index in [2.05, 4.69) is 16.7 Å². The topological polar surface area (TPSA) is 158 Å². The van der Waals surface area contributed by atoms with E-state index in [0.717, 1.165) is 19.6 Å². The molecule has 4 aliphatic rings. The first-order chi connectivity index (χ1) is 19.0. The van der Waals surface area contributed by atoms with Crippen molar-refractivity contribution in [2.24, 2.45) is 29.4 Å². The number of likely N-dealkylation sites (N-methyl/N-ethyl adjacent to an activating group) is 1. The second-order valence-corrected chi connectivity index (χ2v) is 11.7. The van der Waals surface area contributed by atoms with Crippen molar-refractivity contribution in [1.82, 2.24) is 9.80 Å². The van der Waals surface area contributed by atoms with Gasteiger partial charge >= 0.3 is 0 Å². The number of nitrogens with zero attached hydrogens (tertiary/aromatic N) is 2. The lowest BCUT2D eigenvalue weighted by atomic mass is 9.52. The molecule has 10 heteroatoms. The van der Waals surface area contributed by atoms with Crippen LogP contribution in [0.2, 0.25) is 0 Å². The first-order valence-electron chi connectivity index (χ1n) is 13.9. The molecule has 0 spiro atoms. The van der Waals surface area contributed by atoms with Gasteiger partial charge in [0.05, 0.1) is 17.5 Å². The van der Waals surface area contributed by atoms with Gasteiger partial charge in [-0.3, -0.25) is 28.9 Å². The number of likely N-dealkylation sites (tertiary alicyclic amines) is 1. The van der Waals surface area contributed by atoms with Crippen molar-refractivity contribution < 1.29 is 34.2 Å². The molecular formula is C30H35N3O7. The molecule has 3 aliphatic carbocycles. The third kappa shape index (κ3) is 4.37. The molecule has 1 heterocycles. The second kappa shape index (κ2) is 10.5. The van der Waals surface area contributed by atoms with Gasteiger partial charge in [0.2, 0.25) is 5.91 Å². The largest absolute Gasteiger partial charge is 0.507 e. The van der Waals surface area contributed by atoms with Gasteiger partial charge in [0.15, 0.2) is 34.7 Å². The monoisotopic (exact) mass is 549 g/mol. The number of hydrogen-bond donors (Lipinski definition) is 3. The second-order valence-electron chi connectivity index (χ2n) is 11.7. The Morgan fingerprint density at radius 2 is 1.82 bits per heavy atom. The molecule has 1 aromatic carbocycles. The lowest BCUT2D eigenvalue weighted by molar-refractivity contribution is -0.181. The van der Waals surface area contributed by atoms with E-state index in [9.17, 15) is 34.2 Å². The molecule has 0 bridgehead atoms. The first kappa shape index (κ1) is 28.1. The number of carbonyl (C=O) groups excluding carboxylic acids is 5. The normalized spacial score (nSPS) is 32.1. The van der Waals surface area contributed by atoms with Gasteiger partial charge in [0.25, 0.3) is 0 Å². The number of amides is 1. The highest BCUT2D eigenvalue weighted by Crippen LogP contribution is 2.50. The number of rotatable bonds is 4. The number of nitrogens with two attached hydrogens (primary N) is 1. The van der Waals surface area contributed by atoms with E-state index in [1.165, 1.54) is 30.2 Å². The highest BCUT2D eigenvalue weighted by Gasteiger charge is 2.69. The Kier molecular flexibility index (Phi) is 7.42. The molecule has 40 heavy (non-hydrogen) atoms. The fourth-order valence-electron chi connectivity index (χ4n) is 7.28. The molecule has 0 aromatic heterocycles. The summed E-state index contributed by atoms with van der Waals surface area (Å²) in [5, 5.41) is 22.3. The number of phenolic OH excluding ortho intramolecular Hbond substituents is 1. The van der Waals surface area contributed by atoms with Crippen molar-refractivity contribution in [3.8, 4) is 17.6 Å². The number of aliphatic hydroxyl groups is 1. The van der Waals surface area contributed by atoms with E-state index in [1.54, 1.807) is 20.2 Å². The fourth-order valence-corrected chi connectivity index (χ4v) is 7.28. The molecule has 3 fully saturated rings. The predicted molar refractivity (Wildman–Crippen MR) is 143 cm³/mol. The lowest BCUT2D eigenvalue weighted by Gasteiger charge is -2.52. The van der Waals surface area contributed by atoms with Crippen molar-refractivity contribution in [2.75, 3.05) is 33.7 Å². The Hall–Kier alpha value is -3.39. The van der Waals surface area contributed by atoms with Crippen LogP contribution in [0.3, 0.4) is 0 Å². The quantitative estimate of drug-likeness (QED) is 0.350. The van der Waals surface area contributed by atoms with Crippen molar-refractivity contribution in [3.63, 3.8) is 0 Å². The van der Waals surface area contributed by atoms with Gasteiger partial charge in [-0.15, -0.1) is 0 Å². The number of hydrogen-bond acceptors (Lipinski definition) is 9. The third-order valence-electron chi connectivity index (χ3n) is 9.17. The van der Waals surface area contributed by atoms with E-state index in [-0.39, 0.29) is 24.2 Å². The summed E-state index contributed by atoms with van der Waals surface area (Å²) in [6.07, 6.45) is 4.50. The van der Waals surface area contributed by atoms with Crippen LogP contribution in [-0.2, 0) is 25.6 Å². The number of benzene rings is 1. The molecule has 1 aliphatic heterocycles. The highest BCUT2D eigenvalue weighted by molar-refractivity contribution is 6.32. The standard InChI is InChI=1S/C30H35N3O7/c1-32(2)24-19-15-17-14-18-16(8-4-7-13-33-11-5-3-6-12-33)9-10-20(34)22(18)25(35)21(17)27(37)30(19,40)28(38)23(26(24)36)29(31)39/h9-10,17,19,21,23-24,34,40H,3,5-7,11-15H2,1-2H3,(H2,31,39)/t17-,19-,21?,23?,24-,30-/m0/s1. The van der Waals surface area contributed by atoms with Gasteiger partial charge in [-0.2, -0.15) is 0 Å². The number of aromatic hydroxyl groups is 1. The zero-order chi connectivity index (χ0) is 28.9. The van der Waals surface area contributed by atoms with E-state index in [1.807, 2.05) is 0 Å². The van der Waals surface area contributed by atoms with Gasteiger partial charge in [-0.1, -0.05) is 18.3 Å². The molecule has 10 nitrogen and oxygen atoms in total. The summed E-state index contributed by atoms with van der Waals surface area (Å²) in [6, 6.07) is 1.90. The summed E-state index contributed by atoms with van der Waals surface area (Å²) in [4.78, 5) is 70.1. The van der Waals surface area contributed by atoms with E-state index in [0.29, 0.717) is 17.5 Å². The van der Waals surface area contributed by atoms with Crippen molar-refractivity contribution >= 4 is 29.0 Å². The van der Waals surface area contributed by atoms with Gasteiger partial charge in [-0.25, -0.2) is 0 Å². The molecule has 5 rings (SSSR count). The third-order valence-corrected chi connectivity index (χ3v) is 9.17. The number of ketones is 4. The average Bonchev–Trinajstić information content (AvgIpc) is 2.90. The van der Waals surface area contributed by atoms with Crippen LogP contribution in [0, 0.1) is 35.5 Å². The molecule has 1 amide bonds. The SMILES string of the molecule is CN(C)[C@@H]1C(=O)C(C(N)=O)C(=O)[C@@]2(O)C(=O)C3C(=O)c4c(O)ccc(C#CCCN5CCCCC5)c4C[C@H]3C[C@@H]12. The Bertz CT molecular complexity index is 1350. The molecular weight excluding hydrogens is 514 g/mol. The molecule has 4 N–H and O–H groups in total. The molecule has 2 saturated carbocycles. The summed E-state index contributed by atoms with van der Waals surface area (Å²) in [5.41, 5.74) is 3.71. The summed E-state index contributed by atoms with van der Waals surface area (Å²) in [6.45, 7) is 2.98. The molecule has 2 unspecified atom stereocenters. The van der Waals surface area contributed by atoms with Crippen LogP contribution < -0.4 is 5.73 Å². The minimum absolute atomic E-state index is 0.0153. The van der Waals surface area contributed by atoms with E-state index in [4.69, 9.17) is 5.73 Å². The number of fused-ring (bicyclic) bond motifs is 3. The highest BCUT2D eigenvalue weighted by atomic mass is 16.3. The van der Waals surface area contributed by atoms with Crippen LogP contribution in [0.25, 0.3) is 0 Å². The molecule has 1 aromatic rings. The van der Waals surface area contributed by atoms with Crippen LogP contribution in [-0.4, -0.2) is 94.4 Å². The van der Waals surface area contributed by atoms with Crippen LogP contribution in [0.15, 0.2) is 12.1 Å². The van der Waals surface area contributed by atoms with Crippen molar-refractivity contribution in [3.05, 3.63) is 28.8 Å². The van der Waals surface area contributed by atoms with Crippen LogP contribution >= 0.6 is 0 Å². The number of carbonyl (C=O) groups is 5. The zero-order valence-corrected chi connectivity index (χ0v) is 22.8. The minimum atomic E-state index is -2.72. The van der Waals surface area contributed by atoms with Gasteiger partial charge in [0, 0.05) is 24.4 Å². The fraction of sp³-hybridized carbons (Fsp3) is 0.567. The summed E-state index contributed by atoms with van der Waals surface area (Å²) >= 11 is 0. The van der Waals surface area contributed by atoms with Crippen LogP contribution in [0.5, 0.6) is 5.75 Å². The number of phenols is 1. The predicted octanol–water partition coefficient (Wildman–Crippen LogP) is 0.0945. The zero-order valence-electron chi connectivity index (χ0n) is 22.8. The van der Waals surface area contributed by atoms with E-state index < -0.39 is 64.4 Å². The number of piperidine rings is 1. The van der Waals surface area contributed by atoms with Gasteiger partial charge < -0.3 is 20.8 Å². The first-order valence-corrected chi connectivity index (χ1v) is 13.9. The molecule has 1 saturated heterocycles. The lowest BCUT2D eigenvalue weighted by Crippen LogP contribution is -2.74. The summed E-state index contributed by atoms with van der Waals surface area (Å²) in [7, 11) is 3.12. The summed E-state index contributed by atoms with van der Waals surface area (Å²) < 4.78 is 0. The Morgan fingerprint density at radius 1 is 1.12 bits per heavy atom. The van der Waals surface area contributed by atoms with Gasteiger partial charge in [-0.05, 0) is 76.5 Å². The average molecular weight is 550 g/mol. The van der Waals surface area contributed by atoms with Crippen LogP contribution in [0.4, 0.5) is 0 Å². The van der Waals surface area contributed by atoms with Gasteiger partial charge in [0.1, 0.15) is 5.75 Å². The number of Topliss-reactive ketones (excluding diaryl/α,β-unsaturated/α-hetero) is 4. The van der Waals surface area contributed by atoms with E-state index >= 15 is 0 Å². The molecule has 6 atom stereocenters.